The molecule has 2 aliphatic heterocycles. The van der Waals surface area contributed by atoms with Crippen LogP contribution >= 0.6 is 0 Å². The zero-order valence-corrected chi connectivity index (χ0v) is 13.7. The lowest BCUT2D eigenvalue weighted by Gasteiger charge is -2.38. The van der Waals surface area contributed by atoms with E-state index in [1.807, 2.05) is 4.90 Å². The number of amides is 1. The molecule has 0 radical (unpaired) electrons. The van der Waals surface area contributed by atoms with Gasteiger partial charge in [0.05, 0.1) is 5.57 Å². The first-order valence-corrected chi connectivity index (χ1v) is 8.54. The minimum atomic E-state index is -0.627. The average molecular weight is 306 g/mol. The average Bonchev–Trinajstić information content (AvgIpc) is 2.78. The third kappa shape index (κ3) is 2.56. The molecule has 0 bridgehead atoms. The fourth-order valence-electron chi connectivity index (χ4n) is 4.00. The second kappa shape index (κ2) is 6.03. The molecular formula is C17H26N2O3. The number of rotatable bonds is 2. The Balaban J connectivity index is 1.81. The van der Waals surface area contributed by atoms with E-state index in [1.54, 1.807) is 6.92 Å². The Morgan fingerprint density at radius 1 is 1.14 bits per heavy atom. The minimum Gasteiger partial charge on any atom is -0.451 e. The van der Waals surface area contributed by atoms with Crippen molar-refractivity contribution < 1.29 is 14.3 Å². The van der Waals surface area contributed by atoms with Crippen molar-refractivity contribution in [1.29, 1.82) is 0 Å². The Hall–Kier alpha value is -1.36. The lowest BCUT2D eigenvalue weighted by Crippen LogP contribution is -2.51. The van der Waals surface area contributed by atoms with E-state index in [1.165, 1.54) is 0 Å². The normalized spacial score (nSPS) is 25.7. The highest BCUT2D eigenvalue weighted by Gasteiger charge is 2.50. The van der Waals surface area contributed by atoms with Crippen molar-refractivity contribution in [3.8, 4) is 0 Å². The van der Waals surface area contributed by atoms with Crippen LogP contribution in [0.15, 0.2) is 11.1 Å². The molecule has 5 nitrogen and oxygen atoms in total. The molecule has 0 atom stereocenters. The fraction of sp³-hybridized carbons (Fsp3) is 0.765. The number of carbonyl (C=O) groups excluding carboxylic acids is 2. The summed E-state index contributed by atoms with van der Waals surface area (Å²) < 4.78 is 5.70. The molecule has 3 rings (SSSR count). The molecule has 22 heavy (non-hydrogen) atoms. The lowest BCUT2D eigenvalue weighted by molar-refractivity contribution is -0.150. The summed E-state index contributed by atoms with van der Waals surface area (Å²) in [6.45, 7) is 8.23. The number of nitrogens with zero attached hydrogens (tertiary/aromatic N) is 2. The van der Waals surface area contributed by atoms with Crippen molar-refractivity contribution in [3.63, 3.8) is 0 Å². The Bertz CT molecular complexity index is 498. The van der Waals surface area contributed by atoms with Gasteiger partial charge in [-0.3, -0.25) is 4.79 Å². The maximum Gasteiger partial charge on any atom is 0.335 e. The summed E-state index contributed by atoms with van der Waals surface area (Å²) in [6, 6.07) is 0. The maximum absolute atomic E-state index is 13.0. The van der Waals surface area contributed by atoms with Gasteiger partial charge in [-0.15, -0.1) is 0 Å². The predicted octanol–water partition coefficient (Wildman–Crippen LogP) is 1.73. The van der Waals surface area contributed by atoms with E-state index in [9.17, 15) is 9.59 Å². The summed E-state index contributed by atoms with van der Waals surface area (Å²) in [6.07, 6.45) is 4.81. The second-order valence-electron chi connectivity index (χ2n) is 6.67. The van der Waals surface area contributed by atoms with E-state index in [-0.39, 0.29) is 11.9 Å². The molecule has 2 heterocycles. The molecule has 0 unspecified atom stereocenters. The number of ether oxygens (including phenoxy) is 1. The van der Waals surface area contributed by atoms with E-state index in [0.717, 1.165) is 64.8 Å². The third-order valence-corrected chi connectivity index (χ3v) is 5.41. The Kier molecular flexibility index (Phi) is 4.26. The molecule has 3 aliphatic rings. The number of piperazine rings is 1. The largest absolute Gasteiger partial charge is 0.451 e. The van der Waals surface area contributed by atoms with Crippen LogP contribution in [0.4, 0.5) is 0 Å². The van der Waals surface area contributed by atoms with E-state index in [4.69, 9.17) is 4.74 Å². The predicted molar refractivity (Wildman–Crippen MR) is 83.3 cm³/mol. The van der Waals surface area contributed by atoms with Crippen LogP contribution in [0.3, 0.4) is 0 Å². The number of hydrogen-bond donors (Lipinski definition) is 0. The standard InChI is InChI=1S/C17H26N2O3/c1-3-18-9-11-19(12-10-18)15(20)14-13(2)16(21)22-17(14)7-5-4-6-8-17/h3-12H2,1-2H3. The van der Waals surface area contributed by atoms with E-state index in [2.05, 4.69) is 11.8 Å². The SMILES string of the molecule is CCN1CCN(C(=O)C2=C(C)C(=O)OC23CCCCC3)CC1. The maximum atomic E-state index is 13.0. The van der Waals surface area contributed by atoms with Crippen LogP contribution in [0.1, 0.15) is 46.0 Å². The first kappa shape index (κ1) is 15.5. The summed E-state index contributed by atoms with van der Waals surface area (Å²) in [4.78, 5) is 29.4. The highest BCUT2D eigenvalue weighted by Crippen LogP contribution is 2.44. The highest BCUT2D eigenvalue weighted by atomic mass is 16.6. The molecule has 0 aromatic heterocycles. The number of likely N-dealkylation sites (N-methyl/N-ethyl adjacent to an activating group) is 1. The molecular weight excluding hydrogens is 280 g/mol. The van der Waals surface area contributed by atoms with Gasteiger partial charge in [0.15, 0.2) is 0 Å². The van der Waals surface area contributed by atoms with Crippen molar-refractivity contribution in [2.75, 3.05) is 32.7 Å². The number of hydrogen-bond acceptors (Lipinski definition) is 4. The summed E-state index contributed by atoms with van der Waals surface area (Å²) in [7, 11) is 0. The summed E-state index contributed by atoms with van der Waals surface area (Å²) in [5.41, 5.74) is 0.560. The highest BCUT2D eigenvalue weighted by molar-refractivity contribution is 6.07. The number of carbonyl (C=O) groups is 2. The van der Waals surface area contributed by atoms with Gasteiger partial charge in [-0.1, -0.05) is 13.3 Å². The van der Waals surface area contributed by atoms with E-state index >= 15 is 0 Å². The van der Waals surface area contributed by atoms with Gasteiger partial charge >= 0.3 is 5.97 Å². The van der Waals surface area contributed by atoms with E-state index in [0.29, 0.717) is 11.1 Å². The molecule has 1 aliphatic carbocycles. The van der Waals surface area contributed by atoms with Gasteiger partial charge < -0.3 is 14.5 Å². The quantitative estimate of drug-likeness (QED) is 0.729. The van der Waals surface area contributed by atoms with Gasteiger partial charge in [0.2, 0.25) is 0 Å². The number of esters is 1. The zero-order valence-electron chi connectivity index (χ0n) is 13.7. The molecule has 2 fully saturated rings. The van der Waals surface area contributed by atoms with Crippen molar-refractivity contribution >= 4 is 11.9 Å². The Morgan fingerprint density at radius 2 is 1.77 bits per heavy atom. The Labute approximate surface area is 132 Å². The molecule has 5 heteroatoms. The summed E-state index contributed by atoms with van der Waals surface area (Å²) >= 11 is 0. The van der Waals surface area contributed by atoms with Crippen LogP contribution < -0.4 is 0 Å². The van der Waals surface area contributed by atoms with Gasteiger partial charge in [0.25, 0.3) is 5.91 Å². The van der Waals surface area contributed by atoms with Crippen LogP contribution in [-0.4, -0.2) is 60.0 Å². The van der Waals surface area contributed by atoms with Crippen molar-refractivity contribution in [3.05, 3.63) is 11.1 Å². The lowest BCUT2D eigenvalue weighted by atomic mass is 9.78. The molecule has 0 aromatic carbocycles. The van der Waals surface area contributed by atoms with Crippen LogP contribution in [0.25, 0.3) is 0 Å². The second-order valence-corrected chi connectivity index (χ2v) is 6.67. The first-order chi connectivity index (χ1) is 10.6. The zero-order chi connectivity index (χ0) is 15.7. The molecule has 1 saturated heterocycles. The molecule has 1 spiro atoms. The smallest absolute Gasteiger partial charge is 0.335 e. The van der Waals surface area contributed by atoms with Gasteiger partial charge in [-0.2, -0.15) is 0 Å². The van der Waals surface area contributed by atoms with Crippen LogP contribution in [0.5, 0.6) is 0 Å². The molecule has 1 amide bonds. The van der Waals surface area contributed by atoms with E-state index < -0.39 is 5.60 Å². The van der Waals surface area contributed by atoms with Gasteiger partial charge in [0.1, 0.15) is 5.60 Å². The monoisotopic (exact) mass is 306 g/mol. The summed E-state index contributed by atoms with van der Waals surface area (Å²) in [5, 5.41) is 0. The van der Waals surface area contributed by atoms with Gasteiger partial charge in [-0.25, -0.2) is 4.79 Å². The van der Waals surface area contributed by atoms with Gasteiger partial charge in [0, 0.05) is 31.8 Å². The topological polar surface area (TPSA) is 49.9 Å². The molecule has 122 valence electrons. The van der Waals surface area contributed by atoms with Crippen molar-refractivity contribution in [2.45, 2.75) is 51.6 Å². The Morgan fingerprint density at radius 3 is 2.36 bits per heavy atom. The summed E-state index contributed by atoms with van der Waals surface area (Å²) in [5.74, 6) is -0.265. The first-order valence-electron chi connectivity index (χ1n) is 8.54. The molecule has 0 aromatic rings. The molecule has 1 saturated carbocycles. The fourth-order valence-corrected chi connectivity index (χ4v) is 4.00. The van der Waals surface area contributed by atoms with Crippen LogP contribution in [-0.2, 0) is 14.3 Å². The van der Waals surface area contributed by atoms with Crippen molar-refractivity contribution in [1.82, 2.24) is 9.80 Å². The van der Waals surface area contributed by atoms with Gasteiger partial charge in [-0.05, 0) is 39.2 Å². The van der Waals surface area contributed by atoms with Crippen LogP contribution in [0, 0.1) is 0 Å². The third-order valence-electron chi connectivity index (χ3n) is 5.41. The van der Waals surface area contributed by atoms with Crippen molar-refractivity contribution in [2.24, 2.45) is 0 Å². The van der Waals surface area contributed by atoms with Crippen LogP contribution in [0.2, 0.25) is 0 Å². The molecule has 0 N–H and O–H groups in total. The minimum absolute atomic E-state index is 0.0287.